The van der Waals surface area contributed by atoms with Crippen LogP contribution in [-0.2, 0) is 19.4 Å². The minimum Gasteiger partial charge on any atom is -0.508 e. The third kappa shape index (κ3) is 3.35. The fourth-order valence-electron chi connectivity index (χ4n) is 4.68. The number of fused-ring (bicyclic) bond motifs is 2. The molecule has 1 aliphatic rings. The first-order chi connectivity index (χ1) is 16.6. The molecule has 0 radical (unpaired) electrons. The van der Waals surface area contributed by atoms with Crippen molar-refractivity contribution in [1.29, 1.82) is 0 Å². The maximum absolute atomic E-state index is 14.8. The fraction of sp³-hybridized carbons (Fsp3) is 0.154. The predicted molar refractivity (Wildman–Crippen MR) is 128 cm³/mol. The van der Waals surface area contributed by atoms with Gasteiger partial charge in [-0.05, 0) is 55.2 Å². The molecule has 0 saturated carbocycles. The molecule has 0 fully saturated rings. The topological polar surface area (TPSA) is 103 Å². The van der Waals surface area contributed by atoms with Gasteiger partial charge >= 0.3 is 0 Å². The number of rotatable bonds is 4. The van der Waals surface area contributed by atoms with E-state index in [0.29, 0.717) is 45.9 Å². The van der Waals surface area contributed by atoms with Gasteiger partial charge < -0.3 is 10.8 Å². The van der Waals surface area contributed by atoms with Crippen LogP contribution in [0, 0.1) is 5.82 Å². The summed E-state index contributed by atoms with van der Waals surface area (Å²) in [7, 11) is 0. The van der Waals surface area contributed by atoms with Crippen LogP contribution >= 0.6 is 0 Å². The second-order valence-electron chi connectivity index (χ2n) is 8.45. The van der Waals surface area contributed by atoms with Crippen LogP contribution in [0.1, 0.15) is 23.2 Å². The van der Waals surface area contributed by atoms with E-state index >= 15 is 0 Å². The fourth-order valence-corrected chi connectivity index (χ4v) is 4.68. The van der Waals surface area contributed by atoms with Crippen molar-refractivity contribution in [3.8, 4) is 28.3 Å². The molecular weight excluding hydrogens is 431 g/mol. The largest absolute Gasteiger partial charge is 0.508 e. The lowest BCUT2D eigenvalue weighted by molar-refractivity contribution is 0.475. The standard InChI is InChI=1S/C26H21FN6O/c27-20-9-2-1-8-19(20)23-17(11-15-5-4-10-21(15)31-23)13-33-26-22(25(28)29-14-30-26)24(32-33)16-6-3-7-18(34)12-16/h1-3,6-9,11-12,14,34H,4-5,10,13H2,(H2,28,29,30). The smallest absolute Gasteiger partial charge is 0.164 e. The first-order valence-electron chi connectivity index (χ1n) is 11.1. The summed E-state index contributed by atoms with van der Waals surface area (Å²) in [6, 6.07) is 15.6. The predicted octanol–water partition coefficient (Wildman–Crippen LogP) is 4.52. The van der Waals surface area contributed by atoms with Crippen molar-refractivity contribution in [2.24, 2.45) is 0 Å². The lowest BCUT2D eigenvalue weighted by Gasteiger charge is -2.13. The highest BCUT2D eigenvalue weighted by Gasteiger charge is 2.22. The first kappa shape index (κ1) is 20.3. The molecule has 2 aromatic carbocycles. The van der Waals surface area contributed by atoms with E-state index in [2.05, 4.69) is 16.0 Å². The summed E-state index contributed by atoms with van der Waals surface area (Å²) in [4.78, 5) is 13.5. The molecule has 3 heterocycles. The number of nitrogens with two attached hydrogens (primary N) is 1. The average molecular weight is 452 g/mol. The number of hydrogen-bond acceptors (Lipinski definition) is 6. The molecule has 0 bridgehead atoms. The lowest BCUT2D eigenvalue weighted by atomic mass is 10.0. The van der Waals surface area contributed by atoms with Crippen molar-refractivity contribution in [3.05, 3.63) is 83.6 Å². The number of phenols is 1. The molecule has 168 valence electrons. The highest BCUT2D eigenvalue weighted by molar-refractivity contribution is 5.98. The number of nitrogens with zero attached hydrogens (tertiary/aromatic N) is 5. The van der Waals surface area contributed by atoms with Crippen LogP contribution in [0.4, 0.5) is 10.2 Å². The summed E-state index contributed by atoms with van der Waals surface area (Å²) in [5, 5.41) is 15.4. The number of phenolic OH excluding ortho intramolecular Hbond substituents is 1. The number of hydrogen-bond donors (Lipinski definition) is 2. The van der Waals surface area contributed by atoms with E-state index in [1.165, 1.54) is 18.0 Å². The number of pyridine rings is 1. The van der Waals surface area contributed by atoms with Crippen LogP contribution in [0.15, 0.2) is 60.9 Å². The third-order valence-electron chi connectivity index (χ3n) is 6.26. The Morgan fingerprint density at radius 2 is 1.88 bits per heavy atom. The molecule has 6 rings (SSSR count). The van der Waals surface area contributed by atoms with Crippen LogP contribution in [0.5, 0.6) is 5.75 Å². The zero-order valence-electron chi connectivity index (χ0n) is 18.2. The second-order valence-corrected chi connectivity index (χ2v) is 8.45. The summed E-state index contributed by atoms with van der Waals surface area (Å²) in [6.45, 7) is 0.329. The normalized spacial score (nSPS) is 12.9. The van der Waals surface area contributed by atoms with Crippen molar-refractivity contribution < 1.29 is 9.50 Å². The molecule has 0 aliphatic heterocycles. The molecule has 0 amide bonds. The van der Waals surface area contributed by atoms with E-state index in [9.17, 15) is 9.50 Å². The van der Waals surface area contributed by atoms with E-state index in [0.717, 1.165) is 30.5 Å². The molecule has 1 aliphatic carbocycles. The molecule has 0 unspecified atom stereocenters. The van der Waals surface area contributed by atoms with Crippen molar-refractivity contribution in [2.75, 3.05) is 5.73 Å². The Balaban J connectivity index is 1.54. The molecule has 3 N–H and O–H groups in total. The van der Waals surface area contributed by atoms with Crippen LogP contribution in [0.2, 0.25) is 0 Å². The number of benzene rings is 2. The van der Waals surface area contributed by atoms with E-state index < -0.39 is 0 Å². The molecule has 0 spiro atoms. The first-order valence-corrected chi connectivity index (χ1v) is 11.1. The Hall–Kier alpha value is -4.33. The monoisotopic (exact) mass is 452 g/mol. The van der Waals surface area contributed by atoms with Gasteiger partial charge in [0.05, 0.1) is 17.6 Å². The van der Waals surface area contributed by atoms with Gasteiger partial charge in [0.25, 0.3) is 0 Å². The van der Waals surface area contributed by atoms with Gasteiger partial charge in [-0.2, -0.15) is 5.10 Å². The molecule has 5 aromatic rings. The number of anilines is 1. The van der Waals surface area contributed by atoms with Crippen LogP contribution in [0.3, 0.4) is 0 Å². The highest BCUT2D eigenvalue weighted by Crippen LogP contribution is 2.34. The maximum atomic E-state index is 14.8. The Bertz CT molecular complexity index is 1560. The second kappa shape index (κ2) is 7.91. The Kier molecular flexibility index (Phi) is 4.72. The summed E-state index contributed by atoms with van der Waals surface area (Å²) in [6.07, 6.45) is 4.29. The van der Waals surface area contributed by atoms with Gasteiger partial charge in [0.1, 0.15) is 29.4 Å². The van der Waals surface area contributed by atoms with Gasteiger partial charge in [0, 0.05) is 22.4 Å². The Labute approximate surface area is 194 Å². The van der Waals surface area contributed by atoms with E-state index in [1.54, 1.807) is 35.0 Å². The van der Waals surface area contributed by atoms with E-state index in [1.807, 2.05) is 12.1 Å². The molecule has 0 atom stereocenters. The zero-order chi connectivity index (χ0) is 23.2. The minimum atomic E-state index is -0.313. The van der Waals surface area contributed by atoms with Crippen molar-refractivity contribution in [2.45, 2.75) is 25.8 Å². The molecule has 8 heteroatoms. The summed E-state index contributed by atoms with van der Waals surface area (Å²) < 4.78 is 16.5. The van der Waals surface area contributed by atoms with Gasteiger partial charge in [0.2, 0.25) is 0 Å². The summed E-state index contributed by atoms with van der Waals surface area (Å²) in [5.74, 6) is 0.114. The Morgan fingerprint density at radius 3 is 2.74 bits per heavy atom. The summed E-state index contributed by atoms with van der Waals surface area (Å²) in [5.41, 5.74) is 12.2. The highest BCUT2D eigenvalue weighted by atomic mass is 19.1. The molecule has 7 nitrogen and oxygen atoms in total. The van der Waals surface area contributed by atoms with Gasteiger partial charge in [-0.3, -0.25) is 4.98 Å². The van der Waals surface area contributed by atoms with Crippen molar-refractivity contribution in [3.63, 3.8) is 0 Å². The van der Waals surface area contributed by atoms with Gasteiger partial charge in [-0.1, -0.05) is 24.3 Å². The molecular formula is C26H21FN6O. The lowest BCUT2D eigenvalue weighted by Crippen LogP contribution is -2.08. The van der Waals surface area contributed by atoms with Crippen molar-refractivity contribution in [1.82, 2.24) is 24.7 Å². The average Bonchev–Trinajstić information content (AvgIpc) is 3.44. The van der Waals surface area contributed by atoms with E-state index in [4.69, 9.17) is 15.8 Å². The van der Waals surface area contributed by atoms with Crippen molar-refractivity contribution >= 4 is 16.9 Å². The minimum absolute atomic E-state index is 0.125. The number of nitrogen functional groups attached to an aromatic ring is 1. The molecule has 3 aromatic heterocycles. The van der Waals surface area contributed by atoms with Gasteiger partial charge in [-0.25, -0.2) is 19.0 Å². The van der Waals surface area contributed by atoms with Crippen LogP contribution < -0.4 is 5.73 Å². The van der Waals surface area contributed by atoms with E-state index in [-0.39, 0.29) is 11.6 Å². The van der Waals surface area contributed by atoms with Crippen LogP contribution in [0.25, 0.3) is 33.5 Å². The van der Waals surface area contributed by atoms with Gasteiger partial charge in [0.15, 0.2) is 5.65 Å². The number of aryl methyl sites for hydroxylation is 2. The number of aromatic nitrogens is 5. The molecule has 0 saturated heterocycles. The zero-order valence-corrected chi connectivity index (χ0v) is 18.2. The van der Waals surface area contributed by atoms with Gasteiger partial charge in [-0.15, -0.1) is 0 Å². The SMILES string of the molecule is Nc1ncnc2c1c(-c1cccc(O)c1)nn2Cc1cc2c(nc1-c1ccccc1F)CCC2. The number of aromatic hydroxyl groups is 1. The molecule has 34 heavy (non-hydrogen) atoms. The maximum Gasteiger partial charge on any atom is 0.164 e. The Morgan fingerprint density at radius 1 is 1.00 bits per heavy atom. The number of halogens is 1. The van der Waals surface area contributed by atoms with Crippen LogP contribution in [-0.4, -0.2) is 29.8 Å². The summed E-state index contributed by atoms with van der Waals surface area (Å²) >= 11 is 0. The quantitative estimate of drug-likeness (QED) is 0.416. The third-order valence-corrected chi connectivity index (χ3v) is 6.26.